The topological polar surface area (TPSA) is 67.5 Å². The van der Waals surface area contributed by atoms with Gasteiger partial charge in [0.2, 0.25) is 0 Å². The van der Waals surface area contributed by atoms with Crippen LogP contribution < -0.4 is 11.1 Å². The maximum Gasteiger partial charge on any atom is 0.0707 e. The second-order valence-corrected chi connectivity index (χ2v) is 3.69. The Hall–Kier alpha value is -0.160. The largest absolute Gasteiger partial charge is 0.391 e. The zero-order valence-corrected chi connectivity index (χ0v) is 8.20. The Balaban J connectivity index is 2.18. The van der Waals surface area contributed by atoms with Crippen LogP contribution in [0, 0.1) is 0 Å². The second-order valence-electron chi connectivity index (χ2n) is 3.69. The molecule has 1 saturated carbocycles. The molecule has 0 amide bonds. The van der Waals surface area contributed by atoms with Crippen molar-refractivity contribution >= 4 is 0 Å². The van der Waals surface area contributed by atoms with Crippen molar-refractivity contribution in [1.29, 1.82) is 0 Å². The summed E-state index contributed by atoms with van der Waals surface area (Å²) in [5, 5.41) is 12.9. The van der Waals surface area contributed by atoms with Crippen LogP contribution in [0.5, 0.6) is 0 Å². The predicted molar refractivity (Wildman–Crippen MR) is 51.5 cm³/mol. The lowest BCUT2D eigenvalue weighted by atomic mass is 9.89. The smallest absolute Gasteiger partial charge is 0.0707 e. The Morgan fingerprint density at radius 3 is 2.92 bits per heavy atom. The van der Waals surface area contributed by atoms with Gasteiger partial charge in [-0.3, -0.25) is 0 Å². The lowest BCUT2D eigenvalue weighted by Crippen LogP contribution is -2.48. The molecule has 0 spiro atoms. The number of hydrogen-bond donors (Lipinski definition) is 3. The molecule has 13 heavy (non-hydrogen) atoms. The third-order valence-corrected chi connectivity index (χ3v) is 2.57. The summed E-state index contributed by atoms with van der Waals surface area (Å²) >= 11 is 0. The van der Waals surface area contributed by atoms with Gasteiger partial charge in [-0.1, -0.05) is 0 Å². The van der Waals surface area contributed by atoms with E-state index in [9.17, 15) is 5.11 Å². The molecule has 0 radical (unpaired) electrons. The highest BCUT2D eigenvalue weighted by atomic mass is 16.5. The summed E-state index contributed by atoms with van der Waals surface area (Å²) in [5.41, 5.74) is 5.73. The quantitative estimate of drug-likeness (QED) is 0.518. The predicted octanol–water partition coefficient (Wildman–Crippen LogP) is -0.537. The summed E-state index contributed by atoms with van der Waals surface area (Å²) in [5.74, 6) is 0. The summed E-state index contributed by atoms with van der Waals surface area (Å²) in [4.78, 5) is 0. The molecular weight excluding hydrogens is 168 g/mol. The van der Waals surface area contributed by atoms with Gasteiger partial charge in [0, 0.05) is 25.7 Å². The van der Waals surface area contributed by atoms with E-state index in [-0.39, 0.29) is 18.2 Å². The van der Waals surface area contributed by atoms with E-state index in [4.69, 9.17) is 10.5 Å². The molecule has 4 nitrogen and oxygen atoms in total. The van der Waals surface area contributed by atoms with Crippen LogP contribution in [-0.2, 0) is 4.74 Å². The summed E-state index contributed by atoms with van der Waals surface area (Å²) in [6.45, 7) is 1.49. The number of methoxy groups -OCH3 is 1. The Labute approximate surface area is 79.5 Å². The van der Waals surface area contributed by atoms with Crippen molar-refractivity contribution in [2.24, 2.45) is 5.73 Å². The lowest BCUT2D eigenvalue weighted by Gasteiger charge is -2.31. The van der Waals surface area contributed by atoms with E-state index < -0.39 is 0 Å². The van der Waals surface area contributed by atoms with Crippen molar-refractivity contribution in [1.82, 2.24) is 5.32 Å². The Bertz CT molecular complexity index is 144. The first-order valence-electron chi connectivity index (χ1n) is 4.90. The molecular formula is C9H20N2O2. The fourth-order valence-corrected chi connectivity index (χ4v) is 1.76. The summed E-state index contributed by atoms with van der Waals surface area (Å²) in [6.07, 6.45) is 2.39. The summed E-state index contributed by atoms with van der Waals surface area (Å²) in [6, 6.07) is 0.380. The van der Waals surface area contributed by atoms with Gasteiger partial charge < -0.3 is 20.9 Å². The molecule has 78 valence electrons. The molecule has 0 bridgehead atoms. The zero-order valence-electron chi connectivity index (χ0n) is 8.20. The first kappa shape index (κ1) is 10.9. The van der Waals surface area contributed by atoms with Gasteiger partial charge in [-0.2, -0.15) is 0 Å². The summed E-state index contributed by atoms with van der Waals surface area (Å²) in [7, 11) is 1.68. The molecule has 0 aromatic heterocycles. The van der Waals surface area contributed by atoms with Gasteiger partial charge in [0.05, 0.1) is 12.7 Å². The molecule has 0 aliphatic heterocycles. The standard InChI is InChI=1S/C9H20N2O2/c1-13-5-4-11-8-3-2-7(10)6-9(8)12/h7-9,11-12H,2-6,10H2,1H3/t7-,8-,9-/m0/s1. The maximum absolute atomic E-state index is 9.66. The highest BCUT2D eigenvalue weighted by Crippen LogP contribution is 2.17. The molecule has 0 saturated heterocycles. The Morgan fingerprint density at radius 2 is 2.31 bits per heavy atom. The molecule has 0 unspecified atom stereocenters. The molecule has 1 rings (SSSR count). The molecule has 3 atom stereocenters. The van der Waals surface area contributed by atoms with Crippen LogP contribution >= 0.6 is 0 Å². The van der Waals surface area contributed by atoms with E-state index in [2.05, 4.69) is 5.32 Å². The third kappa shape index (κ3) is 3.60. The fourth-order valence-electron chi connectivity index (χ4n) is 1.76. The SMILES string of the molecule is COCCN[C@H]1CC[C@H](N)C[C@@H]1O. The third-order valence-electron chi connectivity index (χ3n) is 2.57. The Kier molecular flexibility index (Phi) is 4.66. The van der Waals surface area contributed by atoms with Gasteiger partial charge in [-0.25, -0.2) is 0 Å². The zero-order chi connectivity index (χ0) is 9.68. The lowest BCUT2D eigenvalue weighted by molar-refractivity contribution is 0.0779. The summed E-state index contributed by atoms with van der Waals surface area (Å²) < 4.78 is 4.92. The average molecular weight is 188 g/mol. The number of nitrogens with one attached hydrogen (secondary N) is 1. The number of aliphatic hydroxyl groups is 1. The highest BCUT2D eigenvalue weighted by Gasteiger charge is 2.26. The van der Waals surface area contributed by atoms with Crippen LogP contribution in [0.4, 0.5) is 0 Å². The van der Waals surface area contributed by atoms with E-state index in [0.717, 1.165) is 19.4 Å². The van der Waals surface area contributed by atoms with Crippen LogP contribution in [0.1, 0.15) is 19.3 Å². The fraction of sp³-hybridized carbons (Fsp3) is 1.00. The first-order chi connectivity index (χ1) is 6.24. The molecule has 1 aliphatic rings. The van der Waals surface area contributed by atoms with Crippen LogP contribution in [0.2, 0.25) is 0 Å². The number of ether oxygens (including phenoxy) is 1. The monoisotopic (exact) mass is 188 g/mol. The van der Waals surface area contributed by atoms with E-state index in [1.807, 2.05) is 0 Å². The molecule has 1 fully saturated rings. The average Bonchev–Trinajstić information content (AvgIpc) is 2.09. The Morgan fingerprint density at radius 1 is 1.54 bits per heavy atom. The molecule has 0 aromatic carbocycles. The van der Waals surface area contributed by atoms with Crippen molar-refractivity contribution < 1.29 is 9.84 Å². The van der Waals surface area contributed by atoms with Gasteiger partial charge in [0.15, 0.2) is 0 Å². The van der Waals surface area contributed by atoms with Crippen LogP contribution in [0.3, 0.4) is 0 Å². The molecule has 4 heteroatoms. The highest BCUT2D eigenvalue weighted by molar-refractivity contribution is 4.85. The minimum absolute atomic E-state index is 0.176. The van der Waals surface area contributed by atoms with Gasteiger partial charge in [0.25, 0.3) is 0 Å². The number of nitrogens with two attached hydrogens (primary N) is 1. The van der Waals surface area contributed by atoms with Crippen LogP contribution in [-0.4, -0.2) is 43.6 Å². The first-order valence-corrected chi connectivity index (χ1v) is 4.90. The van der Waals surface area contributed by atoms with Gasteiger partial charge in [-0.15, -0.1) is 0 Å². The molecule has 4 N–H and O–H groups in total. The van der Waals surface area contributed by atoms with Crippen molar-refractivity contribution in [3.8, 4) is 0 Å². The minimum Gasteiger partial charge on any atom is -0.391 e. The van der Waals surface area contributed by atoms with Crippen molar-refractivity contribution in [2.75, 3.05) is 20.3 Å². The maximum atomic E-state index is 9.66. The molecule has 1 aliphatic carbocycles. The van der Waals surface area contributed by atoms with Crippen LogP contribution in [0.15, 0.2) is 0 Å². The van der Waals surface area contributed by atoms with E-state index in [0.29, 0.717) is 13.0 Å². The molecule has 0 aromatic rings. The molecule has 0 heterocycles. The normalized spacial score (nSPS) is 34.8. The minimum atomic E-state index is -0.291. The van der Waals surface area contributed by atoms with Gasteiger partial charge >= 0.3 is 0 Å². The van der Waals surface area contributed by atoms with E-state index in [1.165, 1.54) is 0 Å². The van der Waals surface area contributed by atoms with Crippen molar-refractivity contribution in [2.45, 2.75) is 37.5 Å². The number of aliphatic hydroxyl groups excluding tert-OH is 1. The van der Waals surface area contributed by atoms with Crippen molar-refractivity contribution in [3.05, 3.63) is 0 Å². The number of hydrogen-bond acceptors (Lipinski definition) is 4. The second kappa shape index (κ2) is 5.54. The number of rotatable bonds is 4. The van der Waals surface area contributed by atoms with Gasteiger partial charge in [0.1, 0.15) is 0 Å². The van der Waals surface area contributed by atoms with E-state index >= 15 is 0 Å². The van der Waals surface area contributed by atoms with E-state index in [1.54, 1.807) is 7.11 Å². The van der Waals surface area contributed by atoms with Gasteiger partial charge in [-0.05, 0) is 19.3 Å². The van der Waals surface area contributed by atoms with Crippen molar-refractivity contribution in [3.63, 3.8) is 0 Å². The van der Waals surface area contributed by atoms with Crippen LogP contribution in [0.25, 0.3) is 0 Å².